The Hall–Kier alpha value is -3.06. The first-order valence-electron chi connectivity index (χ1n) is 10.3. The Kier molecular flexibility index (Phi) is 7.68. The van der Waals surface area contributed by atoms with Crippen molar-refractivity contribution >= 4 is 11.9 Å². The first-order chi connectivity index (χ1) is 14.5. The number of rotatable bonds is 7. The Bertz CT molecular complexity index is 858. The largest absolute Gasteiger partial charge is 0.457 e. The number of benzene rings is 2. The Morgan fingerprint density at radius 1 is 1.17 bits per heavy atom. The minimum atomic E-state index is -0.273. The zero-order valence-electron chi connectivity index (χ0n) is 17.7. The third-order valence-corrected chi connectivity index (χ3v) is 5.20. The van der Waals surface area contributed by atoms with Gasteiger partial charge in [-0.3, -0.25) is 14.7 Å². The van der Waals surface area contributed by atoms with Crippen LogP contribution >= 0.6 is 0 Å². The molecule has 0 unspecified atom stereocenters. The van der Waals surface area contributed by atoms with E-state index in [1.165, 1.54) is 5.56 Å². The number of piperidine rings is 1. The minimum absolute atomic E-state index is 0.273. The molecular weight excluding hydrogens is 378 g/mol. The molecule has 1 aliphatic heterocycles. The van der Waals surface area contributed by atoms with Gasteiger partial charge in [-0.2, -0.15) is 0 Å². The van der Waals surface area contributed by atoms with Crippen molar-refractivity contribution < 1.29 is 9.53 Å². The van der Waals surface area contributed by atoms with Crippen molar-refractivity contribution in [3.8, 4) is 11.5 Å². The Labute approximate surface area is 178 Å². The zero-order chi connectivity index (χ0) is 21.3. The average molecular weight is 410 g/mol. The monoisotopic (exact) mass is 409 g/mol. The van der Waals surface area contributed by atoms with Crippen LogP contribution in [0, 0.1) is 6.92 Å². The number of primary amides is 1. The molecule has 1 fully saturated rings. The summed E-state index contributed by atoms with van der Waals surface area (Å²) in [6.45, 7) is 4.69. The molecule has 2 aromatic rings. The second-order valence-corrected chi connectivity index (χ2v) is 7.61. The van der Waals surface area contributed by atoms with E-state index >= 15 is 0 Å². The van der Waals surface area contributed by atoms with Gasteiger partial charge in [0.25, 0.3) is 0 Å². The number of nitrogens with zero attached hydrogens (tertiary/aromatic N) is 2. The van der Waals surface area contributed by atoms with Crippen LogP contribution in [-0.4, -0.2) is 49.5 Å². The van der Waals surface area contributed by atoms with E-state index in [2.05, 4.69) is 27.4 Å². The van der Waals surface area contributed by atoms with Crippen LogP contribution in [0.2, 0.25) is 0 Å². The number of amides is 1. The molecule has 2 aromatic carbocycles. The van der Waals surface area contributed by atoms with Gasteiger partial charge in [0.15, 0.2) is 5.96 Å². The van der Waals surface area contributed by atoms with Crippen LogP contribution in [0.4, 0.5) is 0 Å². The number of hydrogen-bond acceptors (Lipinski definition) is 4. The fraction of sp³-hybridized carbons (Fsp3) is 0.391. The highest BCUT2D eigenvalue weighted by atomic mass is 16.5. The van der Waals surface area contributed by atoms with E-state index in [9.17, 15) is 4.79 Å². The lowest BCUT2D eigenvalue weighted by atomic mass is 10.1. The number of para-hydroxylation sites is 1. The molecule has 4 N–H and O–H groups in total. The summed E-state index contributed by atoms with van der Waals surface area (Å²) in [6, 6.07) is 16.3. The molecule has 0 saturated carbocycles. The molecular formula is C23H31N5O2. The highest BCUT2D eigenvalue weighted by Gasteiger charge is 2.20. The third-order valence-electron chi connectivity index (χ3n) is 5.20. The van der Waals surface area contributed by atoms with Crippen molar-refractivity contribution in [1.82, 2.24) is 15.5 Å². The number of carbonyl (C=O) groups excluding carboxylic acids is 1. The zero-order valence-corrected chi connectivity index (χ0v) is 17.7. The predicted octanol–water partition coefficient (Wildman–Crippen LogP) is 2.40. The number of aryl methyl sites for hydroxylation is 1. The second-order valence-electron chi connectivity index (χ2n) is 7.61. The fourth-order valence-electron chi connectivity index (χ4n) is 3.51. The third kappa shape index (κ3) is 6.49. The molecule has 0 spiro atoms. The number of likely N-dealkylation sites (tertiary alicyclic amines) is 1. The maximum Gasteiger partial charge on any atom is 0.231 e. The van der Waals surface area contributed by atoms with Gasteiger partial charge in [-0.05, 0) is 38.0 Å². The number of hydrogen-bond donors (Lipinski definition) is 3. The van der Waals surface area contributed by atoms with Gasteiger partial charge in [0, 0.05) is 38.3 Å². The highest BCUT2D eigenvalue weighted by molar-refractivity contribution is 5.80. The molecule has 0 radical (unpaired) electrons. The Morgan fingerprint density at radius 3 is 2.53 bits per heavy atom. The van der Waals surface area contributed by atoms with E-state index in [0.717, 1.165) is 49.0 Å². The van der Waals surface area contributed by atoms with E-state index in [1.54, 1.807) is 7.05 Å². The number of nitrogens with two attached hydrogens (primary N) is 1. The van der Waals surface area contributed by atoms with E-state index in [4.69, 9.17) is 10.5 Å². The summed E-state index contributed by atoms with van der Waals surface area (Å²) in [6.07, 6.45) is 1.89. The van der Waals surface area contributed by atoms with Gasteiger partial charge in [-0.1, -0.05) is 35.9 Å². The number of aliphatic imine (C=N–C) groups is 1. The average Bonchev–Trinajstić information content (AvgIpc) is 2.74. The van der Waals surface area contributed by atoms with E-state index in [-0.39, 0.29) is 5.91 Å². The van der Waals surface area contributed by atoms with Crippen LogP contribution in [0.1, 0.15) is 24.0 Å². The van der Waals surface area contributed by atoms with Crippen molar-refractivity contribution in [2.45, 2.75) is 32.4 Å². The summed E-state index contributed by atoms with van der Waals surface area (Å²) >= 11 is 0. The molecule has 1 amide bonds. The number of nitrogens with one attached hydrogen (secondary N) is 2. The molecule has 1 heterocycles. The molecule has 160 valence electrons. The molecule has 0 aromatic heterocycles. The van der Waals surface area contributed by atoms with Gasteiger partial charge in [-0.15, -0.1) is 0 Å². The Balaban J connectivity index is 1.53. The second kappa shape index (κ2) is 10.6. The maximum absolute atomic E-state index is 11.1. The lowest BCUT2D eigenvalue weighted by molar-refractivity contribution is -0.119. The summed E-state index contributed by atoms with van der Waals surface area (Å²) in [4.78, 5) is 17.5. The lowest BCUT2D eigenvalue weighted by Crippen LogP contribution is -2.49. The van der Waals surface area contributed by atoms with E-state index in [0.29, 0.717) is 19.1 Å². The SMILES string of the molecule is CN=C(NCc1ccccc1Oc1ccc(C)cc1)NC1CCN(CC(N)=O)CC1. The molecule has 30 heavy (non-hydrogen) atoms. The van der Waals surface area contributed by atoms with Crippen LogP contribution in [0.3, 0.4) is 0 Å². The van der Waals surface area contributed by atoms with E-state index in [1.807, 2.05) is 48.5 Å². The number of ether oxygens (including phenoxy) is 1. The minimum Gasteiger partial charge on any atom is -0.457 e. The lowest BCUT2D eigenvalue weighted by Gasteiger charge is -2.32. The van der Waals surface area contributed by atoms with Crippen LogP contribution in [0.15, 0.2) is 53.5 Å². The predicted molar refractivity (Wildman–Crippen MR) is 120 cm³/mol. The van der Waals surface area contributed by atoms with Crippen molar-refractivity contribution in [3.63, 3.8) is 0 Å². The first-order valence-corrected chi connectivity index (χ1v) is 10.3. The first kappa shape index (κ1) is 21.6. The summed E-state index contributed by atoms with van der Waals surface area (Å²) in [7, 11) is 1.77. The van der Waals surface area contributed by atoms with Crippen molar-refractivity contribution in [3.05, 3.63) is 59.7 Å². The van der Waals surface area contributed by atoms with E-state index < -0.39 is 0 Å². The van der Waals surface area contributed by atoms with Crippen LogP contribution in [0.5, 0.6) is 11.5 Å². The van der Waals surface area contributed by atoms with Gasteiger partial charge in [-0.25, -0.2) is 0 Å². The topological polar surface area (TPSA) is 92.0 Å². The van der Waals surface area contributed by atoms with Gasteiger partial charge in [0.2, 0.25) is 5.91 Å². The maximum atomic E-state index is 11.1. The molecule has 1 aliphatic rings. The molecule has 7 nitrogen and oxygen atoms in total. The summed E-state index contributed by atoms with van der Waals surface area (Å²) in [5, 5.41) is 6.86. The number of carbonyl (C=O) groups is 1. The molecule has 0 bridgehead atoms. The van der Waals surface area contributed by atoms with Gasteiger partial charge in [0.1, 0.15) is 11.5 Å². The smallest absolute Gasteiger partial charge is 0.231 e. The highest BCUT2D eigenvalue weighted by Crippen LogP contribution is 2.25. The fourth-order valence-corrected chi connectivity index (χ4v) is 3.51. The van der Waals surface area contributed by atoms with Crippen LogP contribution < -0.4 is 21.1 Å². The molecule has 0 atom stereocenters. The quantitative estimate of drug-likeness (QED) is 0.482. The van der Waals surface area contributed by atoms with Gasteiger partial charge < -0.3 is 21.1 Å². The van der Waals surface area contributed by atoms with Crippen LogP contribution in [0.25, 0.3) is 0 Å². The van der Waals surface area contributed by atoms with Crippen molar-refractivity contribution in [2.24, 2.45) is 10.7 Å². The summed E-state index contributed by atoms with van der Waals surface area (Å²) < 4.78 is 6.08. The number of guanidine groups is 1. The normalized spacial score (nSPS) is 15.6. The van der Waals surface area contributed by atoms with Crippen molar-refractivity contribution in [2.75, 3.05) is 26.7 Å². The standard InChI is InChI=1S/C23H31N5O2/c1-17-7-9-20(10-8-17)30-21-6-4-3-5-18(21)15-26-23(25-2)27-19-11-13-28(14-12-19)16-22(24)29/h3-10,19H,11-16H2,1-2H3,(H2,24,29)(H2,25,26,27). The summed E-state index contributed by atoms with van der Waals surface area (Å²) in [5.74, 6) is 2.13. The molecule has 3 rings (SSSR count). The van der Waals surface area contributed by atoms with Gasteiger partial charge in [0.05, 0.1) is 6.54 Å². The molecule has 1 saturated heterocycles. The summed E-state index contributed by atoms with van der Waals surface area (Å²) in [5.41, 5.74) is 7.54. The van der Waals surface area contributed by atoms with Crippen molar-refractivity contribution in [1.29, 1.82) is 0 Å². The van der Waals surface area contributed by atoms with Gasteiger partial charge >= 0.3 is 0 Å². The Morgan fingerprint density at radius 2 is 1.87 bits per heavy atom. The van der Waals surface area contributed by atoms with Crippen LogP contribution in [-0.2, 0) is 11.3 Å². The molecule has 0 aliphatic carbocycles. The molecule has 7 heteroatoms.